The maximum absolute atomic E-state index is 11.3. The maximum atomic E-state index is 11.3. The summed E-state index contributed by atoms with van der Waals surface area (Å²) in [4.78, 5) is 11.3. The number of rotatable bonds is 2. The lowest BCUT2D eigenvalue weighted by molar-refractivity contribution is -0.145. The molecule has 1 unspecified atom stereocenters. The molecule has 2 aliphatic heterocycles. The van der Waals surface area contributed by atoms with Gasteiger partial charge in [0.25, 0.3) is 0 Å². The van der Waals surface area contributed by atoms with Crippen molar-refractivity contribution in [3.05, 3.63) is 18.0 Å². The third-order valence-corrected chi connectivity index (χ3v) is 4.25. The number of ether oxygens (including phenoxy) is 2. The number of nitrogens with zero attached hydrogens (tertiary/aromatic N) is 2. The van der Waals surface area contributed by atoms with Crippen LogP contribution < -0.4 is 0 Å². The van der Waals surface area contributed by atoms with E-state index in [1.165, 1.54) is 0 Å². The van der Waals surface area contributed by atoms with E-state index in [0.29, 0.717) is 11.6 Å². The number of carbonyl (C=O) groups excluding carboxylic acids is 1. The van der Waals surface area contributed by atoms with Gasteiger partial charge in [0.1, 0.15) is 0 Å². The van der Waals surface area contributed by atoms with Crippen molar-refractivity contribution >= 4 is 5.78 Å². The fourth-order valence-corrected chi connectivity index (χ4v) is 3.04. The largest absolute Gasteiger partial charge is 0.381 e. The first-order valence-corrected chi connectivity index (χ1v) is 6.95. The Kier molecular flexibility index (Phi) is 3.41. The molecule has 19 heavy (non-hydrogen) atoms. The molecule has 0 N–H and O–H groups in total. The Hall–Kier alpha value is -1.20. The number of Topliss-reactive ketones (excluding diaryl/α,β-unsaturated/α-hetero) is 1. The lowest BCUT2D eigenvalue weighted by Gasteiger charge is -2.43. The van der Waals surface area contributed by atoms with Crippen LogP contribution >= 0.6 is 0 Å². The van der Waals surface area contributed by atoms with Crippen molar-refractivity contribution in [3.63, 3.8) is 0 Å². The highest BCUT2D eigenvalue weighted by atomic mass is 16.5. The Balaban J connectivity index is 1.75. The smallest absolute Gasteiger partial charge is 0.162 e. The van der Waals surface area contributed by atoms with Crippen LogP contribution in [0.4, 0.5) is 0 Å². The number of hydrogen-bond acceptors (Lipinski definition) is 4. The third-order valence-electron chi connectivity index (χ3n) is 4.25. The SMILES string of the molecule is CC(=O)c1cnn(C2CCOC3(CCOCC3)C2)c1. The van der Waals surface area contributed by atoms with E-state index in [2.05, 4.69) is 5.10 Å². The van der Waals surface area contributed by atoms with Crippen molar-refractivity contribution in [3.8, 4) is 0 Å². The molecule has 2 saturated heterocycles. The summed E-state index contributed by atoms with van der Waals surface area (Å²) in [5, 5.41) is 4.35. The first-order valence-electron chi connectivity index (χ1n) is 6.95. The molecule has 104 valence electrons. The van der Waals surface area contributed by atoms with Crippen LogP contribution in [0.2, 0.25) is 0 Å². The van der Waals surface area contributed by atoms with Crippen molar-refractivity contribution in [1.29, 1.82) is 0 Å². The van der Waals surface area contributed by atoms with Gasteiger partial charge in [0.15, 0.2) is 5.78 Å². The molecule has 1 aromatic heterocycles. The van der Waals surface area contributed by atoms with Gasteiger partial charge in [0.2, 0.25) is 0 Å². The summed E-state index contributed by atoms with van der Waals surface area (Å²) < 4.78 is 13.4. The predicted molar refractivity (Wildman–Crippen MR) is 69.2 cm³/mol. The van der Waals surface area contributed by atoms with Crippen molar-refractivity contribution < 1.29 is 14.3 Å². The van der Waals surface area contributed by atoms with E-state index >= 15 is 0 Å². The van der Waals surface area contributed by atoms with Gasteiger partial charge in [-0.3, -0.25) is 9.48 Å². The molecule has 5 heteroatoms. The summed E-state index contributed by atoms with van der Waals surface area (Å²) in [6.07, 6.45) is 7.38. The molecule has 0 amide bonds. The summed E-state index contributed by atoms with van der Waals surface area (Å²) in [7, 11) is 0. The molecule has 0 radical (unpaired) electrons. The van der Waals surface area contributed by atoms with E-state index in [0.717, 1.165) is 45.5 Å². The zero-order chi connectivity index (χ0) is 13.3. The molecule has 1 atom stereocenters. The van der Waals surface area contributed by atoms with E-state index < -0.39 is 0 Å². The Morgan fingerprint density at radius 2 is 2.21 bits per heavy atom. The number of hydrogen-bond donors (Lipinski definition) is 0. The van der Waals surface area contributed by atoms with Crippen LogP contribution in [0.25, 0.3) is 0 Å². The van der Waals surface area contributed by atoms with Gasteiger partial charge in [-0.05, 0) is 32.6 Å². The molecule has 3 rings (SSSR count). The molecule has 2 aliphatic rings. The lowest BCUT2D eigenvalue weighted by atomic mass is 9.84. The molecule has 0 aliphatic carbocycles. The van der Waals surface area contributed by atoms with Crippen LogP contribution in [-0.4, -0.2) is 41.0 Å². The fraction of sp³-hybridized carbons (Fsp3) is 0.714. The zero-order valence-electron chi connectivity index (χ0n) is 11.3. The van der Waals surface area contributed by atoms with Crippen molar-refractivity contribution in [2.75, 3.05) is 19.8 Å². The first kappa shape index (κ1) is 12.8. The Morgan fingerprint density at radius 1 is 1.42 bits per heavy atom. The fourth-order valence-electron chi connectivity index (χ4n) is 3.04. The Bertz CT molecular complexity index is 458. The van der Waals surface area contributed by atoms with E-state index in [1.807, 2.05) is 10.9 Å². The highest BCUT2D eigenvalue weighted by Crippen LogP contribution is 2.38. The minimum atomic E-state index is -0.0382. The second-order valence-electron chi connectivity index (χ2n) is 5.56. The molecule has 1 spiro atoms. The van der Waals surface area contributed by atoms with Gasteiger partial charge in [-0.1, -0.05) is 0 Å². The summed E-state index contributed by atoms with van der Waals surface area (Å²) >= 11 is 0. The highest BCUT2D eigenvalue weighted by molar-refractivity contribution is 5.93. The summed E-state index contributed by atoms with van der Waals surface area (Å²) in [6, 6.07) is 0.333. The summed E-state index contributed by atoms with van der Waals surface area (Å²) in [5.41, 5.74) is 0.649. The van der Waals surface area contributed by atoms with Crippen molar-refractivity contribution in [2.24, 2.45) is 0 Å². The van der Waals surface area contributed by atoms with Gasteiger partial charge >= 0.3 is 0 Å². The van der Waals surface area contributed by atoms with Gasteiger partial charge < -0.3 is 9.47 Å². The topological polar surface area (TPSA) is 53.4 Å². The Labute approximate surface area is 112 Å². The minimum Gasteiger partial charge on any atom is -0.381 e. The van der Waals surface area contributed by atoms with Crippen LogP contribution in [0.1, 0.15) is 49.0 Å². The van der Waals surface area contributed by atoms with Gasteiger partial charge in [-0.15, -0.1) is 0 Å². The lowest BCUT2D eigenvalue weighted by Crippen LogP contribution is -2.44. The normalized spacial score (nSPS) is 26.5. The molecule has 5 nitrogen and oxygen atoms in total. The average molecular weight is 264 g/mol. The number of aromatic nitrogens is 2. The second kappa shape index (κ2) is 5.06. The highest BCUT2D eigenvalue weighted by Gasteiger charge is 2.39. The predicted octanol–water partition coefficient (Wildman–Crippen LogP) is 1.99. The van der Waals surface area contributed by atoms with E-state index in [4.69, 9.17) is 9.47 Å². The monoisotopic (exact) mass is 264 g/mol. The van der Waals surface area contributed by atoms with Crippen molar-refractivity contribution in [1.82, 2.24) is 9.78 Å². The van der Waals surface area contributed by atoms with Crippen LogP contribution in [0.3, 0.4) is 0 Å². The van der Waals surface area contributed by atoms with E-state index in [-0.39, 0.29) is 11.4 Å². The average Bonchev–Trinajstić information content (AvgIpc) is 2.89. The number of carbonyl (C=O) groups is 1. The minimum absolute atomic E-state index is 0.0382. The maximum Gasteiger partial charge on any atom is 0.162 e. The summed E-state index contributed by atoms with van der Waals surface area (Å²) in [6.45, 7) is 3.90. The first-order chi connectivity index (χ1) is 9.19. The second-order valence-corrected chi connectivity index (χ2v) is 5.56. The Morgan fingerprint density at radius 3 is 2.89 bits per heavy atom. The molecular weight excluding hydrogens is 244 g/mol. The number of ketones is 1. The van der Waals surface area contributed by atoms with Crippen LogP contribution in [0.5, 0.6) is 0 Å². The summed E-state index contributed by atoms with van der Waals surface area (Å²) in [5.74, 6) is 0.0686. The molecule has 0 bridgehead atoms. The van der Waals surface area contributed by atoms with Gasteiger partial charge in [0, 0.05) is 26.0 Å². The molecule has 3 heterocycles. The third kappa shape index (κ3) is 2.58. The molecule has 0 saturated carbocycles. The molecular formula is C14H20N2O3. The van der Waals surface area contributed by atoms with E-state index in [9.17, 15) is 4.79 Å². The van der Waals surface area contributed by atoms with Crippen molar-refractivity contribution in [2.45, 2.75) is 44.2 Å². The van der Waals surface area contributed by atoms with Crippen LogP contribution in [-0.2, 0) is 9.47 Å². The quantitative estimate of drug-likeness (QED) is 0.766. The zero-order valence-corrected chi connectivity index (χ0v) is 11.3. The molecule has 1 aromatic rings. The van der Waals surface area contributed by atoms with Gasteiger partial charge in [-0.2, -0.15) is 5.10 Å². The van der Waals surface area contributed by atoms with Gasteiger partial charge in [0.05, 0.1) is 23.4 Å². The van der Waals surface area contributed by atoms with Crippen LogP contribution in [0.15, 0.2) is 12.4 Å². The molecule has 2 fully saturated rings. The van der Waals surface area contributed by atoms with Crippen LogP contribution in [0, 0.1) is 0 Å². The molecule has 0 aromatic carbocycles. The van der Waals surface area contributed by atoms with E-state index in [1.54, 1.807) is 13.1 Å². The standard InChI is InChI=1S/C14H20N2O3/c1-11(17)12-9-15-16(10-12)13-2-5-19-14(8-13)3-6-18-7-4-14/h9-10,13H,2-8H2,1H3. The van der Waals surface area contributed by atoms with Gasteiger partial charge in [-0.25, -0.2) is 0 Å².